The molecule has 23 heavy (non-hydrogen) atoms. The van der Waals surface area contributed by atoms with Gasteiger partial charge in [-0.1, -0.05) is 41.4 Å². The van der Waals surface area contributed by atoms with Crippen LogP contribution in [0.15, 0.2) is 46.9 Å². The predicted molar refractivity (Wildman–Crippen MR) is 90.6 cm³/mol. The van der Waals surface area contributed by atoms with Gasteiger partial charge in [0.05, 0.1) is 16.5 Å². The second kappa shape index (κ2) is 6.44. The highest BCUT2D eigenvalue weighted by Crippen LogP contribution is 2.28. The number of aromatic nitrogens is 1. The molecule has 0 aliphatic carbocycles. The number of fused-ring (bicyclic) bond motifs is 1. The summed E-state index contributed by atoms with van der Waals surface area (Å²) in [6.45, 7) is 0. The molecule has 1 heterocycles. The summed E-state index contributed by atoms with van der Waals surface area (Å²) in [6, 6.07) is 12.3. The topological polar surface area (TPSA) is 63.3 Å². The zero-order chi connectivity index (χ0) is 16.4. The Morgan fingerprint density at radius 1 is 1.17 bits per heavy atom. The van der Waals surface area contributed by atoms with Crippen LogP contribution in [0.2, 0.25) is 10.0 Å². The zero-order valence-corrected chi connectivity index (χ0v) is 13.3. The van der Waals surface area contributed by atoms with E-state index in [9.17, 15) is 4.79 Å². The minimum absolute atomic E-state index is 0.215. The van der Waals surface area contributed by atoms with Crippen LogP contribution < -0.4 is 0 Å². The number of aliphatic carboxylic acids is 1. The molecule has 0 aliphatic rings. The molecule has 0 saturated heterocycles. The lowest BCUT2D eigenvalue weighted by Gasteiger charge is -2.02. The zero-order valence-electron chi connectivity index (χ0n) is 11.8. The van der Waals surface area contributed by atoms with Gasteiger partial charge in [-0.2, -0.15) is 0 Å². The maximum atomic E-state index is 11.2. The second-order valence-electron chi connectivity index (χ2n) is 4.90. The van der Waals surface area contributed by atoms with E-state index in [0.717, 1.165) is 5.56 Å². The minimum atomic E-state index is -0.974. The van der Waals surface area contributed by atoms with Crippen LogP contribution in [0.5, 0.6) is 0 Å². The Kier molecular flexibility index (Phi) is 4.37. The molecule has 1 N–H and O–H groups in total. The summed E-state index contributed by atoms with van der Waals surface area (Å²) in [4.78, 5) is 15.5. The van der Waals surface area contributed by atoms with Crippen molar-refractivity contribution in [3.8, 4) is 0 Å². The number of halogens is 2. The number of hydrogen-bond donors (Lipinski definition) is 1. The highest BCUT2D eigenvalue weighted by molar-refractivity contribution is 6.42. The molecule has 0 bridgehead atoms. The second-order valence-corrected chi connectivity index (χ2v) is 5.71. The number of carboxylic acid groups (broad SMARTS) is 1. The van der Waals surface area contributed by atoms with Crippen molar-refractivity contribution < 1.29 is 14.3 Å². The first-order chi connectivity index (χ1) is 11.0. The van der Waals surface area contributed by atoms with Gasteiger partial charge in [0.15, 0.2) is 5.58 Å². The molecule has 0 spiro atoms. The van der Waals surface area contributed by atoms with Crippen LogP contribution in [0.25, 0.3) is 22.7 Å². The number of carbonyl (C=O) groups is 1. The van der Waals surface area contributed by atoms with Crippen molar-refractivity contribution in [2.45, 2.75) is 6.42 Å². The number of hydrogen-bond acceptors (Lipinski definition) is 3. The van der Waals surface area contributed by atoms with Gasteiger partial charge in [-0.25, -0.2) is 4.98 Å². The Bertz CT molecular complexity index is 882. The molecule has 3 rings (SSSR count). The van der Waals surface area contributed by atoms with E-state index in [2.05, 4.69) is 4.98 Å². The minimum Gasteiger partial charge on any atom is -0.481 e. The van der Waals surface area contributed by atoms with Crippen molar-refractivity contribution in [3.05, 3.63) is 64.0 Å². The smallest absolute Gasteiger partial charge is 0.308 e. The summed E-state index contributed by atoms with van der Waals surface area (Å²) in [5.41, 5.74) is 2.45. The van der Waals surface area contributed by atoms with Crippen molar-refractivity contribution in [2.24, 2.45) is 0 Å². The lowest BCUT2D eigenvalue weighted by Crippen LogP contribution is -1.97. The van der Waals surface area contributed by atoms with Crippen LogP contribution in [0.4, 0.5) is 0 Å². The van der Waals surface area contributed by atoms with Crippen molar-refractivity contribution >= 4 is 51.9 Å². The molecule has 0 unspecified atom stereocenters. The fourth-order valence-electron chi connectivity index (χ4n) is 2.16. The van der Waals surface area contributed by atoms with Gasteiger partial charge in [0.1, 0.15) is 5.52 Å². The summed E-state index contributed by atoms with van der Waals surface area (Å²) in [7, 11) is 0. The SMILES string of the molecule is O=C(O)C/C(=C\c1ccc(Cl)c(Cl)c1)c1nc2ccccc2o1. The van der Waals surface area contributed by atoms with E-state index in [1.165, 1.54) is 0 Å². The first-order valence-corrected chi connectivity index (χ1v) is 7.52. The number of para-hydroxylation sites is 2. The molecule has 0 amide bonds. The van der Waals surface area contributed by atoms with E-state index in [1.54, 1.807) is 36.4 Å². The monoisotopic (exact) mass is 347 g/mol. The Labute approximate surface area is 142 Å². The molecule has 2 aromatic carbocycles. The summed E-state index contributed by atoms with van der Waals surface area (Å²) >= 11 is 11.9. The Morgan fingerprint density at radius 2 is 1.96 bits per heavy atom. The van der Waals surface area contributed by atoms with Crippen molar-refractivity contribution in [1.29, 1.82) is 0 Å². The van der Waals surface area contributed by atoms with Crippen LogP contribution in [-0.4, -0.2) is 16.1 Å². The summed E-state index contributed by atoms with van der Waals surface area (Å²) < 4.78 is 5.66. The van der Waals surface area contributed by atoms with Gasteiger partial charge in [-0.3, -0.25) is 4.79 Å². The average Bonchev–Trinajstić information content (AvgIpc) is 2.94. The van der Waals surface area contributed by atoms with Gasteiger partial charge in [-0.05, 0) is 35.9 Å². The van der Waals surface area contributed by atoms with Crippen molar-refractivity contribution in [3.63, 3.8) is 0 Å². The molecule has 4 nitrogen and oxygen atoms in total. The molecular formula is C17H11Cl2NO3. The van der Waals surface area contributed by atoms with E-state index in [0.29, 0.717) is 26.7 Å². The number of oxazole rings is 1. The fraction of sp³-hybridized carbons (Fsp3) is 0.0588. The Balaban J connectivity index is 2.07. The fourth-order valence-corrected chi connectivity index (χ4v) is 2.47. The van der Waals surface area contributed by atoms with Crippen molar-refractivity contribution in [2.75, 3.05) is 0 Å². The summed E-state index contributed by atoms with van der Waals surface area (Å²) in [6.07, 6.45) is 1.47. The lowest BCUT2D eigenvalue weighted by molar-refractivity contribution is -0.135. The third-order valence-corrected chi connectivity index (χ3v) is 3.93. The first-order valence-electron chi connectivity index (χ1n) is 6.76. The van der Waals surface area contributed by atoms with Crippen LogP contribution in [0.1, 0.15) is 17.9 Å². The van der Waals surface area contributed by atoms with Gasteiger partial charge in [0, 0.05) is 5.57 Å². The molecule has 3 aromatic rings. The van der Waals surface area contributed by atoms with E-state index in [4.69, 9.17) is 32.7 Å². The van der Waals surface area contributed by atoms with E-state index in [1.807, 2.05) is 12.1 Å². The van der Waals surface area contributed by atoms with E-state index < -0.39 is 5.97 Å². The number of benzene rings is 2. The van der Waals surface area contributed by atoms with Crippen molar-refractivity contribution in [1.82, 2.24) is 4.98 Å². The highest BCUT2D eigenvalue weighted by Gasteiger charge is 2.14. The Hall–Kier alpha value is -2.30. The molecule has 1 aromatic heterocycles. The van der Waals surface area contributed by atoms with Gasteiger partial charge in [-0.15, -0.1) is 0 Å². The van der Waals surface area contributed by atoms with Gasteiger partial charge in [0.2, 0.25) is 5.89 Å². The largest absolute Gasteiger partial charge is 0.481 e. The highest BCUT2D eigenvalue weighted by atomic mass is 35.5. The van der Waals surface area contributed by atoms with E-state index in [-0.39, 0.29) is 12.3 Å². The van der Waals surface area contributed by atoms with E-state index >= 15 is 0 Å². The summed E-state index contributed by atoms with van der Waals surface area (Å²) in [5.74, 6) is -0.696. The first kappa shape index (κ1) is 15.6. The molecule has 0 saturated carbocycles. The number of rotatable bonds is 4. The molecule has 0 radical (unpaired) electrons. The maximum Gasteiger partial charge on any atom is 0.308 e. The molecule has 116 valence electrons. The normalized spacial score (nSPS) is 11.8. The number of nitrogens with zero attached hydrogens (tertiary/aromatic N) is 1. The third kappa shape index (κ3) is 3.55. The van der Waals surface area contributed by atoms with Gasteiger partial charge < -0.3 is 9.52 Å². The molecular weight excluding hydrogens is 337 g/mol. The van der Waals surface area contributed by atoms with Gasteiger partial charge >= 0.3 is 5.97 Å². The lowest BCUT2D eigenvalue weighted by atomic mass is 10.1. The van der Waals surface area contributed by atoms with Gasteiger partial charge in [0.25, 0.3) is 0 Å². The molecule has 0 atom stereocenters. The van der Waals surface area contributed by atoms with Crippen LogP contribution in [-0.2, 0) is 4.79 Å². The molecule has 0 aliphatic heterocycles. The van der Waals surface area contributed by atoms with Crippen LogP contribution >= 0.6 is 23.2 Å². The third-order valence-electron chi connectivity index (χ3n) is 3.19. The van der Waals surface area contributed by atoms with Crippen LogP contribution in [0.3, 0.4) is 0 Å². The molecule has 6 heteroatoms. The Morgan fingerprint density at radius 3 is 2.65 bits per heavy atom. The maximum absolute atomic E-state index is 11.2. The van der Waals surface area contributed by atoms with Crippen LogP contribution in [0, 0.1) is 0 Å². The number of carboxylic acids is 1. The predicted octanol–water partition coefficient (Wildman–Crippen LogP) is 5.15. The quantitative estimate of drug-likeness (QED) is 0.708. The summed E-state index contributed by atoms with van der Waals surface area (Å²) in [5, 5.41) is 9.97. The average molecular weight is 348 g/mol. The standard InChI is InChI=1S/C17H11Cl2NO3/c18-12-6-5-10(8-13(12)19)7-11(9-16(21)22)17-20-14-3-1-2-4-15(14)23-17/h1-8H,9H2,(H,21,22)/b11-7+. The molecule has 0 fully saturated rings.